The third kappa shape index (κ3) is 2.98. The Morgan fingerprint density at radius 2 is 2.45 bits per heavy atom. The Balaban J connectivity index is 2.23. The normalized spacial score (nSPS) is 13.3. The van der Waals surface area contributed by atoms with Gasteiger partial charge in [-0.2, -0.15) is 5.10 Å². The molecule has 0 amide bonds. The average Bonchev–Trinajstić information content (AvgIpc) is 2.52. The maximum absolute atomic E-state index is 9.15. The van der Waals surface area contributed by atoms with E-state index in [1.807, 2.05) is 0 Å². The number of aliphatic hydroxyl groups is 1. The molecule has 0 aliphatic carbocycles. The summed E-state index contributed by atoms with van der Waals surface area (Å²) in [7, 11) is 0. The van der Waals surface area contributed by atoms with Crippen molar-refractivity contribution in [3.05, 3.63) is 12.7 Å². The quantitative estimate of drug-likeness (QED) is 0.748. The van der Waals surface area contributed by atoms with Crippen molar-refractivity contribution >= 4 is 15.9 Å². The third-order valence-corrected chi connectivity index (χ3v) is 2.08. The molecule has 0 spiro atoms. The molecule has 0 bridgehead atoms. The molecule has 1 atom stereocenters. The summed E-state index contributed by atoms with van der Waals surface area (Å²) in [6, 6.07) is 0. The number of hydrogen-bond donors (Lipinski definition) is 1. The molecule has 1 N–H and O–H groups in total. The summed E-state index contributed by atoms with van der Waals surface area (Å²) < 4.78 is 1.70. The molecule has 0 saturated carbocycles. The predicted octanol–water partition coefficient (Wildman–Crippen LogP) is 0.424. The van der Waals surface area contributed by atoms with Gasteiger partial charge in [0.2, 0.25) is 0 Å². The Morgan fingerprint density at radius 3 is 3.00 bits per heavy atom. The summed E-state index contributed by atoms with van der Waals surface area (Å²) in [4.78, 5) is 3.78. The van der Waals surface area contributed by atoms with Gasteiger partial charge in [0.05, 0.1) is 6.10 Å². The fourth-order valence-electron chi connectivity index (χ4n) is 0.707. The molecule has 4 nitrogen and oxygen atoms in total. The van der Waals surface area contributed by atoms with Gasteiger partial charge in [-0.15, -0.1) is 0 Å². The number of rotatable bonds is 4. The lowest BCUT2D eigenvalue weighted by Gasteiger charge is -2.04. The van der Waals surface area contributed by atoms with Crippen LogP contribution in [0.4, 0.5) is 0 Å². The SMILES string of the molecule is OC(CBr)CCn1cncn1. The van der Waals surface area contributed by atoms with Gasteiger partial charge in [-0.1, -0.05) is 15.9 Å². The number of aromatic nitrogens is 3. The van der Waals surface area contributed by atoms with Crippen molar-refractivity contribution < 1.29 is 5.11 Å². The van der Waals surface area contributed by atoms with Crippen LogP contribution in [0, 0.1) is 0 Å². The summed E-state index contributed by atoms with van der Waals surface area (Å²) in [6.07, 6.45) is 3.54. The van der Waals surface area contributed by atoms with Gasteiger partial charge in [0, 0.05) is 11.9 Å². The van der Waals surface area contributed by atoms with Crippen molar-refractivity contribution in [3.8, 4) is 0 Å². The lowest BCUT2D eigenvalue weighted by atomic mass is 10.3. The molecule has 0 aliphatic rings. The average molecular weight is 220 g/mol. The number of alkyl halides is 1. The highest BCUT2D eigenvalue weighted by Gasteiger charge is 2.01. The highest BCUT2D eigenvalue weighted by atomic mass is 79.9. The van der Waals surface area contributed by atoms with Crippen LogP contribution in [0.2, 0.25) is 0 Å². The van der Waals surface area contributed by atoms with Crippen LogP contribution in [0.5, 0.6) is 0 Å². The molecule has 5 heteroatoms. The van der Waals surface area contributed by atoms with E-state index in [9.17, 15) is 0 Å². The van der Waals surface area contributed by atoms with Crippen LogP contribution in [0.25, 0.3) is 0 Å². The largest absolute Gasteiger partial charge is 0.392 e. The topological polar surface area (TPSA) is 50.9 Å². The van der Waals surface area contributed by atoms with E-state index in [-0.39, 0.29) is 6.10 Å². The first kappa shape index (κ1) is 8.67. The van der Waals surface area contributed by atoms with Crippen molar-refractivity contribution in [2.75, 3.05) is 5.33 Å². The van der Waals surface area contributed by atoms with Gasteiger partial charge < -0.3 is 5.11 Å². The summed E-state index contributed by atoms with van der Waals surface area (Å²) in [5, 5.41) is 13.7. The lowest BCUT2D eigenvalue weighted by Crippen LogP contribution is -2.12. The molecule has 1 unspecified atom stereocenters. The minimum Gasteiger partial charge on any atom is -0.392 e. The van der Waals surface area contributed by atoms with Crippen LogP contribution in [0.15, 0.2) is 12.7 Å². The Labute approximate surface area is 73.4 Å². The second kappa shape index (κ2) is 4.46. The second-order valence-electron chi connectivity index (χ2n) is 2.26. The Morgan fingerprint density at radius 1 is 1.64 bits per heavy atom. The Bertz CT molecular complexity index is 190. The van der Waals surface area contributed by atoms with Gasteiger partial charge in [0.25, 0.3) is 0 Å². The molecule has 1 aromatic heterocycles. The summed E-state index contributed by atoms with van der Waals surface area (Å²) >= 11 is 3.18. The first-order valence-electron chi connectivity index (χ1n) is 3.39. The minimum atomic E-state index is -0.292. The van der Waals surface area contributed by atoms with E-state index < -0.39 is 0 Å². The van der Waals surface area contributed by atoms with Crippen LogP contribution >= 0.6 is 15.9 Å². The van der Waals surface area contributed by atoms with E-state index in [0.29, 0.717) is 18.3 Å². The zero-order valence-electron chi connectivity index (χ0n) is 6.02. The molecule has 1 heterocycles. The molecule has 0 fully saturated rings. The van der Waals surface area contributed by atoms with Crippen molar-refractivity contribution in [1.29, 1.82) is 0 Å². The summed E-state index contributed by atoms with van der Waals surface area (Å²) in [5.41, 5.74) is 0. The molecule has 0 radical (unpaired) electrons. The van der Waals surface area contributed by atoms with Gasteiger partial charge in [-0.3, -0.25) is 4.68 Å². The van der Waals surface area contributed by atoms with Crippen LogP contribution in [0.3, 0.4) is 0 Å². The van der Waals surface area contributed by atoms with Gasteiger partial charge in [-0.05, 0) is 6.42 Å². The molecule has 0 aromatic carbocycles. The number of aryl methyl sites for hydroxylation is 1. The molecule has 62 valence electrons. The maximum atomic E-state index is 9.15. The molecular formula is C6H10BrN3O. The van der Waals surface area contributed by atoms with Crippen molar-refractivity contribution in [2.45, 2.75) is 19.1 Å². The zero-order chi connectivity index (χ0) is 8.10. The fraction of sp³-hybridized carbons (Fsp3) is 0.667. The molecule has 1 aromatic rings. The standard InChI is InChI=1S/C6H10BrN3O/c7-3-6(11)1-2-10-5-8-4-9-10/h4-6,11H,1-3H2. The lowest BCUT2D eigenvalue weighted by molar-refractivity contribution is 0.182. The molecular weight excluding hydrogens is 210 g/mol. The smallest absolute Gasteiger partial charge is 0.137 e. The Kier molecular flexibility index (Phi) is 3.51. The van der Waals surface area contributed by atoms with Gasteiger partial charge in [-0.25, -0.2) is 4.98 Å². The van der Waals surface area contributed by atoms with Crippen molar-refractivity contribution in [2.24, 2.45) is 0 Å². The van der Waals surface area contributed by atoms with Crippen molar-refractivity contribution in [3.63, 3.8) is 0 Å². The summed E-state index contributed by atoms with van der Waals surface area (Å²) in [6.45, 7) is 0.715. The first-order chi connectivity index (χ1) is 5.33. The fourth-order valence-corrected chi connectivity index (χ4v) is 1.03. The Hall–Kier alpha value is -0.420. The molecule has 0 aliphatic heterocycles. The van der Waals surface area contributed by atoms with E-state index in [2.05, 4.69) is 26.0 Å². The van der Waals surface area contributed by atoms with E-state index in [4.69, 9.17) is 5.11 Å². The maximum Gasteiger partial charge on any atom is 0.137 e. The number of halogens is 1. The molecule has 11 heavy (non-hydrogen) atoms. The van der Waals surface area contributed by atoms with E-state index >= 15 is 0 Å². The number of nitrogens with zero attached hydrogens (tertiary/aromatic N) is 3. The number of hydrogen-bond acceptors (Lipinski definition) is 3. The van der Waals surface area contributed by atoms with E-state index in [1.165, 1.54) is 6.33 Å². The van der Waals surface area contributed by atoms with Gasteiger partial charge in [0.1, 0.15) is 12.7 Å². The monoisotopic (exact) mass is 219 g/mol. The minimum absolute atomic E-state index is 0.292. The molecule has 0 saturated heterocycles. The highest BCUT2D eigenvalue weighted by molar-refractivity contribution is 9.09. The van der Waals surface area contributed by atoms with E-state index in [1.54, 1.807) is 11.0 Å². The van der Waals surface area contributed by atoms with E-state index in [0.717, 1.165) is 0 Å². The molecule has 1 rings (SSSR count). The van der Waals surface area contributed by atoms with Gasteiger partial charge >= 0.3 is 0 Å². The second-order valence-corrected chi connectivity index (χ2v) is 2.90. The van der Waals surface area contributed by atoms with Crippen molar-refractivity contribution in [1.82, 2.24) is 14.8 Å². The van der Waals surface area contributed by atoms with Gasteiger partial charge in [0.15, 0.2) is 0 Å². The first-order valence-corrected chi connectivity index (χ1v) is 4.51. The predicted molar refractivity (Wildman–Crippen MR) is 44.4 cm³/mol. The van der Waals surface area contributed by atoms with Crippen LogP contribution in [0.1, 0.15) is 6.42 Å². The van der Waals surface area contributed by atoms with Crippen LogP contribution < -0.4 is 0 Å². The third-order valence-electron chi connectivity index (χ3n) is 1.34. The highest BCUT2D eigenvalue weighted by Crippen LogP contribution is 1.97. The zero-order valence-corrected chi connectivity index (χ0v) is 7.61. The van der Waals surface area contributed by atoms with Crippen LogP contribution in [-0.4, -0.2) is 31.3 Å². The van der Waals surface area contributed by atoms with Crippen LogP contribution in [-0.2, 0) is 6.54 Å². The number of aliphatic hydroxyl groups excluding tert-OH is 1. The summed E-state index contributed by atoms with van der Waals surface area (Å²) in [5.74, 6) is 0.